The van der Waals surface area contributed by atoms with Crippen molar-refractivity contribution in [2.75, 3.05) is 7.05 Å². The molecule has 0 spiro atoms. The lowest BCUT2D eigenvalue weighted by atomic mass is 9.86. The molecule has 2 atom stereocenters. The average molecular weight is 303 g/mol. The average Bonchev–Trinajstić information content (AvgIpc) is 2.38. The van der Waals surface area contributed by atoms with Crippen LogP contribution in [0, 0.1) is 5.92 Å². The minimum atomic E-state index is -3.49. The Balaban J connectivity index is 2.28. The van der Waals surface area contributed by atoms with Gasteiger partial charge in [-0.15, -0.1) is 0 Å². The van der Waals surface area contributed by atoms with Gasteiger partial charge in [0.15, 0.2) is 0 Å². The Morgan fingerprint density at radius 2 is 2.05 bits per heavy atom. The maximum Gasteiger partial charge on any atom is 0.243 e. The summed E-state index contributed by atoms with van der Waals surface area (Å²) in [5.74, 6) is 0.394. The van der Waals surface area contributed by atoms with Crippen molar-refractivity contribution in [2.45, 2.75) is 43.5 Å². The first kappa shape index (κ1) is 14.8. The Hall–Kier alpha value is -0.650. The van der Waals surface area contributed by atoms with Gasteiger partial charge in [-0.2, -0.15) is 4.31 Å². The summed E-state index contributed by atoms with van der Waals surface area (Å²) >= 11 is 5.78. The predicted molar refractivity (Wildman–Crippen MR) is 75.6 cm³/mol. The molecule has 0 radical (unpaired) electrons. The number of rotatable bonds is 3. The standard InChI is InChI=1S/C13H19ClN2O2S/c1-10-5-3-4-6-12(10)16(2)19(17,18)11-7-8-15-13(14)9-11/h7-10,12H,3-6H2,1-2H3. The van der Waals surface area contributed by atoms with E-state index in [9.17, 15) is 8.42 Å². The molecule has 6 heteroatoms. The van der Waals surface area contributed by atoms with Crippen molar-refractivity contribution in [3.63, 3.8) is 0 Å². The lowest BCUT2D eigenvalue weighted by Gasteiger charge is -2.35. The molecule has 19 heavy (non-hydrogen) atoms. The molecule has 0 saturated heterocycles. The molecule has 0 bridgehead atoms. The summed E-state index contributed by atoms with van der Waals surface area (Å²) in [5, 5.41) is 0.200. The van der Waals surface area contributed by atoms with Gasteiger partial charge in [0, 0.05) is 19.3 Å². The second kappa shape index (κ2) is 5.77. The summed E-state index contributed by atoms with van der Waals surface area (Å²) in [7, 11) is -1.82. The summed E-state index contributed by atoms with van der Waals surface area (Å²) < 4.78 is 26.6. The number of hydrogen-bond donors (Lipinski definition) is 0. The lowest BCUT2D eigenvalue weighted by Crippen LogP contribution is -2.42. The molecule has 4 nitrogen and oxygen atoms in total. The van der Waals surface area contributed by atoms with Crippen LogP contribution in [0.2, 0.25) is 5.15 Å². The molecule has 2 rings (SSSR count). The summed E-state index contributed by atoms with van der Waals surface area (Å²) in [6, 6.07) is 2.97. The third-order valence-corrected chi connectivity index (χ3v) is 5.99. The van der Waals surface area contributed by atoms with Crippen molar-refractivity contribution in [3.8, 4) is 0 Å². The van der Waals surface area contributed by atoms with E-state index in [0.29, 0.717) is 5.92 Å². The Morgan fingerprint density at radius 1 is 1.37 bits per heavy atom. The summed E-state index contributed by atoms with van der Waals surface area (Å²) in [5.41, 5.74) is 0. The first-order valence-electron chi connectivity index (χ1n) is 6.52. The molecule has 1 aliphatic carbocycles. The minimum absolute atomic E-state index is 0.0747. The SMILES string of the molecule is CC1CCCCC1N(C)S(=O)(=O)c1ccnc(Cl)c1. The topological polar surface area (TPSA) is 50.3 Å². The van der Waals surface area contributed by atoms with Crippen LogP contribution in [0.1, 0.15) is 32.6 Å². The molecule has 0 amide bonds. The Kier molecular flexibility index (Phi) is 4.48. The molecule has 106 valence electrons. The third-order valence-electron chi connectivity index (χ3n) is 3.91. The maximum atomic E-state index is 12.6. The van der Waals surface area contributed by atoms with E-state index in [1.165, 1.54) is 29.1 Å². The molecule has 1 aromatic heterocycles. The van der Waals surface area contributed by atoms with E-state index in [1.54, 1.807) is 7.05 Å². The highest BCUT2D eigenvalue weighted by molar-refractivity contribution is 7.89. The number of sulfonamides is 1. The van der Waals surface area contributed by atoms with Gasteiger partial charge < -0.3 is 0 Å². The van der Waals surface area contributed by atoms with E-state index >= 15 is 0 Å². The molecule has 0 aliphatic heterocycles. The van der Waals surface area contributed by atoms with Crippen molar-refractivity contribution >= 4 is 21.6 Å². The number of hydrogen-bond acceptors (Lipinski definition) is 3. The van der Waals surface area contributed by atoms with Crippen molar-refractivity contribution < 1.29 is 8.42 Å². The number of nitrogens with zero attached hydrogens (tertiary/aromatic N) is 2. The Bertz CT molecular complexity index is 547. The molecule has 1 aromatic rings. The first-order chi connectivity index (χ1) is 8.93. The minimum Gasteiger partial charge on any atom is -0.244 e. The summed E-state index contributed by atoms with van der Waals surface area (Å²) in [4.78, 5) is 4.04. The van der Waals surface area contributed by atoms with Gasteiger partial charge in [0.25, 0.3) is 0 Å². The molecule has 1 fully saturated rings. The molecule has 2 unspecified atom stereocenters. The van der Waals surface area contributed by atoms with E-state index in [0.717, 1.165) is 19.3 Å². The van der Waals surface area contributed by atoms with Crippen molar-refractivity contribution in [1.29, 1.82) is 0 Å². The third kappa shape index (κ3) is 3.09. The normalized spacial score (nSPS) is 24.6. The van der Waals surface area contributed by atoms with Crippen LogP contribution in [0.15, 0.2) is 23.2 Å². The second-order valence-electron chi connectivity index (χ2n) is 5.16. The molecule has 1 heterocycles. The highest BCUT2D eigenvalue weighted by atomic mass is 35.5. The van der Waals surface area contributed by atoms with Gasteiger partial charge in [0.2, 0.25) is 10.0 Å². The molecular weight excluding hydrogens is 284 g/mol. The van der Waals surface area contributed by atoms with Crippen LogP contribution in [0.5, 0.6) is 0 Å². The molecule has 1 saturated carbocycles. The van der Waals surface area contributed by atoms with Crippen molar-refractivity contribution in [2.24, 2.45) is 5.92 Å². The Morgan fingerprint density at radius 3 is 2.68 bits per heavy atom. The zero-order valence-corrected chi connectivity index (χ0v) is 12.8. The molecule has 0 N–H and O–H groups in total. The van der Waals surface area contributed by atoms with Crippen LogP contribution in [0.4, 0.5) is 0 Å². The van der Waals surface area contributed by atoms with E-state index < -0.39 is 10.0 Å². The lowest BCUT2D eigenvalue weighted by molar-refractivity contribution is 0.213. The van der Waals surface area contributed by atoms with Crippen LogP contribution in [0.25, 0.3) is 0 Å². The van der Waals surface area contributed by atoms with Crippen LogP contribution in [0.3, 0.4) is 0 Å². The van der Waals surface area contributed by atoms with E-state index in [1.807, 2.05) is 0 Å². The number of aromatic nitrogens is 1. The fourth-order valence-electron chi connectivity index (χ4n) is 2.73. The Labute approximate surface area is 119 Å². The van der Waals surface area contributed by atoms with E-state index in [2.05, 4.69) is 11.9 Å². The van der Waals surface area contributed by atoms with E-state index in [4.69, 9.17) is 11.6 Å². The van der Waals surface area contributed by atoms with Gasteiger partial charge in [0.1, 0.15) is 5.15 Å². The second-order valence-corrected chi connectivity index (χ2v) is 7.55. The summed E-state index contributed by atoms with van der Waals surface area (Å²) in [6.07, 6.45) is 5.71. The number of pyridine rings is 1. The van der Waals surface area contributed by atoms with Crippen LogP contribution < -0.4 is 0 Å². The molecule has 0 aromatic carbocycles. The summed E-state index contributed by atoms with van der Waals surface area (Å²) in [6.45, 7) is 2.12. The predicted octanol–water partition coefficient (Wildman–Crippen LogP) is 2.93. The fraction of sp³-hybridized carbons (Fsp3) is 0.615. The first-order valence-corrected chi connectivity index (χ1v) is 8.34. The maximum absolute atomic E-state index is 12.6. The fourth-order valence-corrected chi connectivity index (χ4v) is 4.46. The molecule has 1 aliphatic rings. The van der Waals surface area contributed by atoms with Crippen molar-refractivity contribution in [1.82, 2.24) is 9.29 Å². The monoisotopic (exact) mass is 302 g/mol. The van der Waals surface area contributed by atoms with Gasteiger partial charge in [-0.1, -0.05) is 31.4 Å². The van der Waals surface area contributed by atoms with Crippen LogP contribution in [-0.2, 0) is 10.0 Å². The zero-order valence-electron chi connectivity index (χ0n) is 11.2. The largest absolute Gasteiger partial charge is 0.244 e. The van der Waals surface area contributed by atoms with E-state index in [-0.39, 0.29) is 16.1 Å². The van der Waals surface area contributed by atoms with Gasteiger partial charge in [-0.05, 0) is 30.9 Å². The smallest absolute Gasteiger partial charge is 0.243 e. The van der Waals surface area contributed by atoms with Gasteiger partial charge in [0.05, 0.1) is 4.90 Å². The molecular formula is C13H19ClN2O2S. The van der Waals surface area contributed by atoms with Crippen LogP contribution >= 0.6 is 11.6 Å². The quantitative estimate of drug-likeness (QED) is 0.807. The highest BCUT2D eigenvalue weighted by Gasteiger charge is 2.33. The van der Waals surface area contributed by atoms with Crippen LogP contribution in [-0.4, -0.2) is 30.8 Å². The number of halogens is 1. The highest BCUT2D eigenvalue weighted by Crippen LogP contribution is 2.30. The van der Waals surface area contributed by atoms with Gasteiger partial charge >= 0.3 is 0 Å². The van der Waals surface area contributed by atoms with Crippen molar-refractivity contribution in [3.05, 3.63) is 23.5 Å². The van der Waals surface area contributed by atoms with Gasteiger partial charge in [-0.25, -0.2) is 13.4 Å². The van der Waals surface area contributed by atoms with Gasteiger partial charge in [-0.3, -0.25) is 0 Å². The zero-order chi connectivity index (χ0) is 14.0.